The van der Waals surface area contributed by atoms with Crippen LogP contribution in [0.15, 0.2) is 18.2 Å². The number of anilines is 1. The lowest BCUT2D eigenvalue weighted by molar-refractivity contribution is 0.122. The van der Waals surface area contributed by atoms with E-state index >= 15 is 0 Å². The number of rotatable bonds is 4. The Morgan fingerprint density at radius 2 is 2.07 bits per heavy atom. The molecule has 4 heteroatoms. The average Bonchev–Trinajstić information content (AvgIpc) is 2.18. The Balaban J connectivity index is 3.01. The molecule has 0 aromatic heterocycles. The van der Waals surface area contributed by atoms with E-state index in [4.69, 9.17) is 10.6 Å². The maximum absolute atomic E-state index is 5.18. The molecule has 0 saturated heterocycles. The van der Waals surface area contributed by atoms with E-state index < -0.39 is 0 Å². The van der Waals surface area contributed by atoms with E-state index in [2.05, 4.69) is 4.84 Å². The lowest BCUT2D eigenvalue weighted by Gasteiger charge is -2.15. The zero-order valence-electron chi connectivity index (χ0n) is 8.78. The van der Waals surface area contributed by atoms with Gasteiger partial charge in [0.1, 0.15) is 5.75 Å². The number of hydrogen-bond donors (Lipinski definition) is 1. The van der Waals surface area contributed by atoms with Crippen molar-refractivity contribution in [2.24, 2.45) is 5.90 Å². The molecule has 0 atom stereocenters. The minimum atomic E-state index is 0.352. The van der Waals surface area contributed by atoms with Crippen molar-refractivity contribution in [3.63, 3.8) is 0 Å². The van der Waals surface area contributed by atoms with Gasteiger partial charge in [-0.2, -0.15) is 0 Å². The lowest BCUT2D eigenvalue weighted by atomic mass is 10.2. The van der Waals surface area contributed by atoms with E-state index in [0.717, 1.165) is 17.0 Å². The van der Waals surface area contributed by atoms with Gasteiger partial charge in [-0.3, -0.25) is 4.84 Å². The number of benzene rings is 1. The van der Waals surface area contributed by atoms with Gasteiger partial charge >= 0.3 is 0 Å². The molecular weight excluding hydrogens is 180 g/mol. The Kier molecular flexibility index (Phi) is 3.73. The second-order valence-corrected chi connectivity index (χ2v) is 3.20. The van der Waals surface area contributed by atoms with E-state index in [1.54, 1.807) is 7.11 Å². The van der Waals surface area contributed by atoms with Gasteiger partial charge in [0, 0.05) is 25.3 Å². The van der Waals surface area contributed by atoms with Gasteiger partial charge in [0.05, 0.1) is 13.7 Å². The Bertz CT molecular complexity index is 300. The summed E-state index contributed by atoms with van der Waals surface area (Å²) in [7, 11) is 5.59. The van der Waals surface area contributed by atoms with E-state index in [0.29, 0.717) is 6.61 Å². The fourth-order valence-corrected chi connectivity index (χ4v) is 1.25. The standard InChI is InChI=1S/C10H16N2O2/c1-12(2)9-4-5-10(13-3)8(6-9)7-14-11/h4-6H,7,11H2,1-3H3. The molecule has 0 aliphatic carbocycles. The van der Waals surface area contributed by atoms with Crippen LogP contribution in [0.3, 0.4) is 0 Å². The first kappa shape index (κ1) is 10.8. The summed E-state index contributed by atoms with van der Waals surface area (Å²) in [4.78, 5) is 6.62. The van der Waals surface area contributed by atoms with Gasteiger partial charge in [-0.1, -0.05) is 0 Å². The third-order valence-corrected chi connectivity index (χ3v) is 2.02. The topological polar surface area (TPSA) is 47.7 Å². The molecule has 0 unspecified atom stereocenters. The molecule has 0 fully saturated rings. The highest BCUT2D eigenvalue weighted by Crippen LogP contribution is 2.24. The molecule has 1 aromatic carbocycles. The van der Waals surface area contributed by atoms with Gasteiger partial charge in [0.2, 0.25) is 0 Å². The summed E-state index contributed by atoms with van der Waals surface area (Å²) < 4.78 is 5.18. The molecule has 0 spiro atoms. The predicted octanol–water partition coefficient (Wildman–Crippen LogP) is 1.15. The molecular formula is C10H16N2O2. The van der Waals surface area contributed by atoms with Crippen molar-refractivity contribution in [1.82, 2.24) is 0 Å². The summed E-state index contributed by atoms with van der Waals surface area (Å²) in [5, 5.41) is 0. The molecule has 0 radical (unpaired) electrons. The van der Waals surface area contributed by atoms with E-state index in [9.17, 15) is 0 Å². The van der Waals surface area contributed by atoms with Crippen molar-refractivity contribution < 1.29 is 9.57 Å². The van der Waals surface area contributed by atoms with Crippen LogP contribution >= 0.6 is 0 Å². The van der Waals surface area contributed by atoms with Crippen LogP contribution < -0.4 is 15.5 Å². The normalized spacial score (nSPS) is 10.0. The quantitative estimate of drug-likeness (QED) is 0.734. The van der Waals surface area contributed by atoms with Gasteiger partial charge in [0.15, 0.2) is 0 Å². The van der Waals surface area contributed by atoms with E-state index in [1.165, 1.54) is 0 Å². The second kappa shape index (κ2) is 4.83. The smallest absolute Gasteiger partial charge is 0.124 e. The summed E-state index contributed by atoms with van der Waals surface area (Å²) in [6.07, 6.45) is 0. The van der Waals surface area contributed by atoms with Crippen molar-refractivity contribution in [2.75, 3.05) is 26.1 Å². The SMILES string of the molecule is COc1ccc(N(C)C)cc1CON. The largest absolute Gasteiger partial charge is 0.496 e. The van der Waals surface area contributed by atoms with Gasteiger partial charge in [-0.25, -0.2) is 5.90 Å². The predicted molar refractivity (Wildman–Crippen MR) is 56.3 cm³/mol. The minimum Gasteiger partial charge on any atom is -0.496 e. The Labute approximate surface area is 84.2 Å². The van der Waals surface area contributed by atoms with Crippen LogP contribution in [-0.2, 0) is 11.4 Å². The number of nitrogens with zero attached hydrogens (tertiary/aromatic N) is 1. The summed E-state index contributed by atoms with van der Waals surface area (Å²) >= 11 is 0. The fraction of sp³-hybridized carbons (Fsp3) is 0.400. The Morgan fingerprint density at radius 3 is 2.57 bits per heavy atom. The molecule has 0 bridgehead atoms. The molecule has 0 aliphatic heterocycles. The fourth-order valence-electron chi connectivity index (χ4n) is 1.25. The lowest BCUT2D eigenvalue weighted by Crippen LogP contribution is -2.10. The molecule has 78 valence electrons. The molecule has 2 N–H and O–H groups in total. The maximum atomic E-state index is 5.18. The molecule has 0 amide bonds. The maximum Gasteiger partial charge on any atom is 0.124 e. The number of hydrogen-bond acceptors (Lipinski definition) is 4. The molecule has 1 rings (SSSR count). The van der Waals surface area contributed by atoms with Crippen molar-refractivity contribution in [1.29, 1.82) is 0 Å². The van der Waals surface area contributed by atoms with Crippen molar-refractivity contribution in [2.45, 2.75) is 6.61 Å². The summed E-state index contributed by atoms with van der Waals surface area (Å²) in [6.45, 7) is 0.352. The first-order valence-electron chi connectivity index (χ1n) is 4.35. The highest BCUT2D eigenvalue weighted by Gasteiger charge is 2.05. The molecule has 0 saturated carbocycles. The van der Waals surface area contributed by atoms with Crippen LogP contribution in [-0.4, -0.2) is 21.2 Å². The van der Waals surface area contributed by atoms with Crippen LogP contribution in [0.1, 0.15) is 5.56 Å². The van der Waals surface area contributed by atoms with Crippen LogP contribution in [0.2, 0.25) is 0 Å². The molecule has 0 aliphatic rings. The zero-order valence-corrected chi connectivity index (χ0v) is 8.78. The van der Waals surface area contributed by atoms with Crippen molar-refractivity contribution >= 4 is 5.69 Å². The molecule has 1 aromatic rings. The van der Waals surface area contributed by atoms with Crippen molar-refractivity contribution in [3.05, 3.63) is 23.8 Å². The van der Waals surface area contributed by atoms with Crippen LogP contribution in [0.4, 0.5) is 5.69 Å². The Hall–Kier alpha value is -1.26. The van der Waals surface area contributed by atoms with Gasteiger partial charge in [0.25, 0.3) is 0 Å². The summed E-state index contributed by atoms with van der Waals surface area (Å²) in [6, 6.07) is 5.88. The number of ether oxygens (including phenoxy) is 1. The highest BCUT2D eigenvalue weighted by atomic mass is 16.6. The van der Waals surface area contributed by atoms with Gasteiger partial charge in [-0.15, -0.1) is 0 Å². The number of nitrogens with two attached hydrogens (primary N) is 1. The second-order valence-electron chi connectivity index (χ2n) is 3.20. The molecule has 0 heterocycles. The zero-order chi connectivity index (χ0) is 10.6. The third kappa shape index (κ3) is 2.37. The highest BCUT2D eigenvalue weighted by molar-refractivity contribution is 5.52. The molecule has 4 nitrogen and oxygen atoms in total. The van der Waals surface area contributed by atoms with Crippen LogP contribution in [0.5, 0.6) is 5.75 Å². The first-order chi connectivity index (χ1) is 6.69. The molecule has 14 heavy (non-hydrogen) atoms. The van der Waals surface area contributed by atoms with Crippen LogP contribution in [0, 0.1) is 0 Å². The van der Waals surface area contributed by atoms with Gasteiger partial charge < -0.3 is 9.64 Å². The number of methoxy groups -OCH3 is 1. The minimum absolute atomic E-state index is 0.352. The summed E-state index contributed by atoms with van der Waals surface area (Å²) in [5.74, 6) is 5.83. The first-order valence-corrected chi connectivity index (χ1v) is 4.35. The van der Waals surface area contributed by atoms with Crippen LogP contribution in [0.25, 0.3) is 0 Å². The summed E-state index contributed by atoms with van der Waals surface area (Å²) in [5.41, 5.74) is 2.04. The average molecular weight is 196 g/mol. The van der Waals surface area contributed by atoms with Crippen molar-refractivity contribution in [3.8, 4) is 5.75 Å². The van der Waals surface area contributed by atoms with E-state index in [-0.39, 0.29) is 0 Å². The third-order valence-electron chi connectivity index (χ3n) is 2.02. The Morgan fingerprint density at radius 1 is 1.36 bits per heavy atom. The monoisotopic (exact) mass is 196 g/mol. The van der Waals surface area contributed by atoms with Gasteiger partial charge in [-0.05, 0) is 18.2 Å². The van der Waals surface area contributed by atoms with E-state index in [1.807, 2.05) is 37.2 Å².